The first-order valence-electron chi connectivity index (χ1n) is 7.86. The Morgan fingerprint density at radius 3 is 2.10 bits per heavy atom. The molecule has 3 aliphatic heterocycles. The van der Waals surface area contributed by atoms with Crippen LogP contribution in [0.2, 0.25) is 0 Å². The molecule has 0 radical (unpaired) electrons. The van der Waals surface area contributed by atoms with Crippen LogP contribution in [0.4, 0.5) is 0 Å². The average Bonchev–Trinajstić information content (AvgIpc) is 3.01. The largest absolute Gasteiger partial charge is 0.395 e. The van der Waals surface area contributed by atoms with Crippen molar-refractivity contribution in [2.45, 2.75) is 63.8 Å². The summed E-state index contributed by atoms with van der Waals surface area (Å²) >= 11 is 0. The standard InChI is InChI=1S/C14H27O6P/c1-2-3-4-5-6-7-8-12-14(19-21(18-12)20-14)13(9-15,10-16)11-17/h12,15-17H,2-11H2,1H3. The topological polar surface area (TPSA) is 88.4 Å². The summed E-state index contributed by atoms with van der Waals surface area (Å²) in [6.45, 7) is 0.983. The summed E-state index contributed by atoms with van der Waals surface area (Å²) in [5, 5.41) is 28.8. The lowest BCUT2D eigenvalue weighted by molar-refractivity contribution is -0.279. The SMILES string of the molecule is CCCCCCCCC1OP2OC1(C(CO)(CO)CO)O2. The van der Waals surface area contributed by atoms with E-state index in [9.17, 15) is 15.3 Å². The molecule has 3 heterocycles. The molecule has 2 bridgehead atoms. The molecule has 124 valence electrons. The van der Waals surface area contributed by atoms with Crippen LogP contribution in [0.5, 0.6) is 0 Å². The van der Waals surface area contributed by atoms with Crippen molar-refractivity contribution in [1.29, 1.82) is 0 Å². The molecule has 0 aliphatic carbocycles. The highest BCUT2D eigenvalue weighted by atomic mass is 31.2. The zero-order chi connectivity index (χ0) is 15.3. The summed E-state index contributed by atoms with van der Waals surface area (Å²) in [4.78, 5) is 0. The van der Waals surface area contributed by atoms with E-state index in [-0.39, 0.29) is 6.10 Å². The van der Waals surface area contributed by atoms with E-state index in [1.54, 1.807) is 0 Å². The third-order valence-electron chi connectivity index (χ3n) is 4.52. The molecule has 0 amide bonds. The van der Waals surface area contributed by atoms with Gasteiger partial charge in [0.05, 0.1) is 25.2 Å². The molecule has 21 heavy (non-hydrogen) atoms. The monoisotopic (exact) mass is 322 g/mol. The van der Waals surface area contributed by atoms with Crippen molar-refractivity contribution in [1.82, 2.24) is 0 Å². The van der Waals surface area contributed by atoms with Crippen LogP contribution in [0.3, 0.4) is 0 Å². The molecule has 3 fully saturated rings. The second-order valence-electron chi connectivity index (χ2n) is 5.98. The summed E-state index contributed by atoms with van der Waals surface area (Å²) in [7, 11) is -1.35. The van der Waals surface area contributed by atoms with Crippen molar-refractivity contribution >= 4 is 8.60 Å². The Morgan fingerprint density at radius 1 is 0.952 bits per heavy atom. The van der Waals surface area contributed by atoms with E-state index in [1.165, 1.54) is 25.7 Å². The van der Waals surface area contributed by atoms with Gasteiger partial charge in [0.15, 0.2) is 0 Å². The quantitative estimate of drug-likeness (QED) is 0.399. The molecule has 3 N–H and O–H groups in total. The van der Waals surface area contributed by atoms with E-state index in [0.717, 1.165) is 19.3 Å². The van der Waals surface area contributed by atoms with Crippen molar-refractivity contribution in [3.8, 4) is 0 Å². The van der Waals surface area contributed by atoms with Gasteiger partial charge < -0.3 is 19.8 Å². The number of hydrogen-bond donors (Lipinski definition) is 3. The molecule has 0 aromatic rings. The lowest BCUT2D eigenvalue weighted by atomic mass is 9.77. The molecular weight excluding hydrogens is 295 g/mol. The molecule has 0 aromatic heterocycles. The van der Waals surface area contributed by atoms with E-state index in [0.29, 0.717) is 0 Å². The highest BCUT2D eigenvalue weighted by molar-refractivity contribution is 7.43. The molecule has 0 saturated carbocycles. The zero-order valence-electron chi connectivity index (χ0n) is 12.7. The van der Waals surface area contributed by atoms with Gasteiger partial charge in [-0.3, -0.25) is 9.05 Å². The van der Waals surface area contributed by atoms with Crippen LogP contribution in [-0.2, 0) is 13.6 Å². The molecular formula is C14H27O6P. The van der Waals surface area contributed by atoms with Gasteiger partial charge in [-0.05, 0) is 6.42 Å². The molecule has 3 aliphatic rings. The van der Waals surface area contributed by atoms with Gasteiger partial charge in [-0.15, -0.1) is 0 Å². The first-order valence-corrected chi connectivity index (χ1v) is 8.95. The van der Waals surface area contributed by atoms with Gasteiger partial charge in [0.25, 0.3) is 0 Å². The Kier molecular flexibility index (Phi) is 6.38. The predicted molar refractivity (Wildman–Crippen MR) is 78.4 cm³/mol. The molecule has 0 spiro atoms. The Morgan fingerprint density at radius 2 is 1.52 bits per heavy atom. The maximum absolute atomic E-state index is 9.58. The number of hydrogen-bond acceptors (Lipinski definition) is 6. The Labute approximate surface area is 127 Å². The fraction of sp³-hybridized carbons (Fsp3) is 1.00. The lowest BCUT2D eigenvalue weighted by Crippen LogP contribution is -2.63. The predicted octanol–water partition coefficient (Wildman–Crippen LogP) is 2.07. The van der Waals surface area contributed by atoms with Crippen LogP contribution in [-0.4, -0.2) is 47.0 Å². The minimum Gasteiger partial charge on any atom is -0.395 e. The van der Waals surface area contributed by atoms with E-state index in [2.05, 4.69) is 6.92 Å². The first-order chi connectivity index (χ1) is 10.2. The van der Waals surface area contributed by atoms with Crippen molar-refractivity contribution in [3.63, 3.8) is 0 Å². The van der Waals surface area contributed by atoms with Crippen LogP contribution in [0.1, 0.15) is 51.9 Å². The summed E-state index contributed by atoms with van der Waals surface area (Å²) in [5.41, 5.74) is -1.21. The van der Waals surface area contributed by atoms with E-state index in [1.807, 2.05) is 0 Å². The number of unbranched alkanes of at least 4 members (excludes halogenated alkanes) is 5. The second-order valence-corrected chi connectivity index (χ2v) is 7.00. The van der Waals surface area contributed by atoms with Crippen LogP contribution in [0.15, 0.2) is 0 Å². The van der Waals surface area contributed by atoms with Crippen molar-refractivity contribution < 1.29 is 28.9 Å². The van der Waals surface area contributed by atoms with Crippen molar-refractivity contribution in [3.05, 3.63) is 0 Å². The van der Waals surface area contributed by atoms with Gasteiger partial charge in [-0.25, -0.2) is 0 Å². The fourth-order valence-corrected chi connectivity index (χ4v) is 4.55. The number of fused-ring (bicyclic) bond motifs is 1. The minimum atomic E-state index is -1.35. The van der Waals surface area contributed by atoms with Gasteiger partial charge >= 0.3 is 8.60 Å². The molecule has 3 saturated heterocycles. The zero-order valence-corrected chi connectivity index (χ0v) is 13.6. The summed E-state index contributed by atoms with van der Waals surface area (Å²) in [6.07, 6.45) is 7.50. The second kappa shape index (κ2) is 7.64. The molecule has 0 aromatic carbocycles. The Bertz CT molecular complexity index is 308. The van der Waals surface area contributed by atoms with E-state index >= 15 is 0 Å². The summed E-state index contributed by atoms with van der Waals surface area (Å²) in [6, 6.07) is 0. The van der Waals surface area contributed by atoms with Crippen LogP contribution in [0.25, 0.3) is 0 Å². The highest BCUT2D eigenvalue weighted by Gasteiger charge is 2.73. The smallest absolute Gasteiger partial charge is 0.338 e. The highest BCUT2D eigenvalue weighted by Crippen LogP contribution is 2.73. The molecule has 3 rings (SSSR count). The van der Waals surface area contributed by atoms with E-state index < -0.39 is 39.6 Å². The summed E-state index contributed by atoms with van der Waals surface area (Å²) < 4.78 is 16.9. The third-order valence-corrected chi connectivity index (χ3v) is 5.79. The maximum atomic E-state index is 9.58. The molecule has 6 nitrogen and oxygen atoms in total. The summed E-state index contributed by atoms with van der Waals surface area (Å²) in [5.74, 6) is -1.18. The van der Waals surface area contributed by atoms with Gasteiger partial charge in [0.2, 0.25) is 5.79 Å². The van der Waals surface area contributed by atoms with Crippen LogP contribution < -0.4 is 0 Å². The molecule has 1 unspecified atom stereocenters. The van der Waals surface area contributed by atoms with Gasteiger partial charge in [0, 0.05) is 0 Å². The van der Waals surface area contributed by atoms with Crippen molar-refractivity contribution in [2.24, 2.45) is 5.41 Å². The third kappa shape index (κ3) is 3.13. The Balaban J connectivity index is 1.86. The number of rotatable bonds is 11. The molecule has 7 heteroatoms. The Hall–Kier alpha value is 0.190. The van der Waals surface area contributed by atoms with Crippen LogP contribution >= 0.6 is 8.60 Å². The first kappa shape index (κ1) is 17.5. The van der Waals surface area contributed by atoms with E-state index in [4.69, 9.17) is 13.6 Å². The molecule has 1 atom stereocenters. The van der Waals surface area contributed by atoms with Gasteiger partial charge in [-0.1, -0.05) is 45.4 Å². The van der Waals surface area contributed by atoms with Crippen LogP contribution in [0, 0.1) is 5.41 Å². The average molecular weight is 322 g/mol. The maximum Gasteiger partial charge on any atom is 0.338 e. The number of aliphatic hydroxyl groups is 3. The van der Waals surface area contributed by atoms with Gasteiger partial charge in [0.1, 0.15) is 6.10 Å². The fourth-order valence-electron chi connectivity index (χ4n) is 2.93. The van der Waals surface area contributed by atoms with Crippen molar-refractivity contribution in [2.75, 3.05) is 19.8 Å². The van der Waals surface area contributed by atoms with Gasteiger partial charge in [-0.2, -0.15) is 0 Å². The minimum absolute atomic E-state index is 0.318. The lowest BCUT2D eigenvalue weighted by Gasteiger charge is -2.48. The normalized spacial score (nSPS) is 31.4. The number of aliphatic hydroxyl groups excluding tert-OH is 3.